The number of nitrogens with zero attached hydrogens (tertiary/aromatic N) is 2. The molecule has 1 rings (SSSR count). The average Bonchev–Trinajstić information content (AvgIpc) is 2.19. The zero-order valence-electron chi connectivity index (χ0n) is 9.10. The molecule has 1 aromatic rings. The normalized spacial score (nSPS) is 12.2. The molecule has 1 aromatic heterocycles. The van der Waals surface area contributed by atoms with Crippen molar-refractivity contribution < 1.29 is 9.84 Å². The van der Waals surface area contributed by atoms with E-state index in [1.54, 1.807) is 6.07 Å². The Morgan fingerprint density at radius 1 is 1.53 bits per heavy atom. The molecule has 84 valence electrons. The summed E-state index contributed by atoms with van der Waals surface area (Å²) in [7, 11) is 0. The van der Waals surface area contributed by atoms with Gasteiger partial charge in [-0.2, -0.15) is 0 Å². The first-order valence-corrected chi connectivity index (χ1v) is 5.08. The second kappa shape index (κ2) is 6.19. The molecule has 5 nitrogen and oxygen atoms in total. The number of aliphatic hydroxyl groups is 1. The predicted molar refractivity (Wildman–Crippen MR) is 58.0 cm³/mol. The van der Waals surface area contributed by atoms with Crippen LogP contribution in [0.5, 0.6) is 5.88 Å². The lowest BCUT2D eigenvalue weighted by molar-refractivity contribution is 0.282. The van der Waals surface area contributed by atoms with Gasteiger partial charge in [0.25, 0.3) is 0 Å². The molecule has 0 aliphatic carbocycles. The Balaban J connectivity index is 2.56. The SMILES string of the molecule is CCOc1cc(NC(C)CCO)ncn1. The Kier molecular flexibility index (Phi) is 4.83. The molecule has 0 aromatic carbocycles. The molecule has 0 saturated heterocycles. The number of ether oxygens (including phenoxy) is 1. The Bertz CT molecular complexity index is 294. The summed E-state index contributed by atoms with van der Waals surface area (Å²) in [6.45, 7) is 4.64. The fourth-order valence-electron chi connectivity index (χ4n) is 1.16. The molecule has 0 aliphatic rings. The van der Waals surface area contributed by atoms with E-state index in [2.05, 4.69) is 15.3 Å². The second-order valence-electron chi connectivity index (χ2n) is 3.23. The van der Waals surface area contributed by atoms with Crippen molar-refractivity contribution in [2.24, 2.45) is 0 Å². The van der Waals surface area contributed by atoms with E-state index in [9.17, 15) is 0 Å². The largest absolute Gasteiger partial charge is 0.478 e. The first-order valence-electron chi connectivity index (χ1n) is 5.08. The molecular weight excluding hydrogens is 194 g/mol. The first-order chi connectivity index (χ1) is 7.26. The Morgan fingerprint density at radius 2 is 2.33 bits per heavy atom. The molecule has 5 heteroatoms. The van der Waals surface area contributed by atoms with Gasteiger partial charge in [-0.05, 0) is 20.3 Å². The van der Waals surface area contributed by atoms with Crippen LogP contribution in [0, 0.1) is 0 Å². The van der Waals surface area contributed by atoms with Gasteiger partial charge in [0.1, 0.15) is 12.1 Å². The van der Waals surface area contributed by atoms with Crippen molar-refractivity contribution in [1.82, 2.24) is 9.97 Å². The van der Waals surface area contributed by atoms with Crippen molar-refractivity contribution in [1.29, 1.82) is 0 Å². The molecule has 0 saturated carbocycles. The highest BCUT2D eigenvalue weighted by atomic mass is 16.5. The number of anilines is 1. The number of rotatable bonds is 6. The van der Waals surface area contributed by atoms with E-state index in [0.29, 0.717) is 18.9 Å². The van der Waals surface area contributed by atoms with E-state index in [1.807, 2.05) is 13.8 Å². The highest BCUT2D eigenvalue weighted by Gasteiger charge is 2.03. The number of nitrogens with one attached hydrogen (secondary N) is 1. The van der Waals surface area contributed by atoms with Crippen LogP contribution in [0.25, 0.3) is 0 Å². The summed E-state index contributed by atoms with van der Waals surface area (Å²) in [6.07, 6.45) is 2.15. The van der Waals surface area contributed by atoms with Crippen LogP contribution in [0.3, 0.4) is 0 Å². The summed E-state index contributed by atoms with van der Waals surface area (Å²) in [6, 6.07) is 1.93. The fraction of sp³-hybridized carbons (Fsp3) is 0.600. The number of aliphatic hydroxyl groups excluding tert-OH is 1. The Morgan fingerprint density at radius 3 is 3.00 bits per heavy atom. The first kappa shape index (κ1) is 11.7. The highest BCUT2D eigenvalue weighted by Crippen LogP contribution is 2.12. The molecular formula is C10H17N3O2. The van der Waals surface area contributed by atoms with E-state index >= 15 is 0 Å². The number of hydrogen-bond donors (Lipinski definition) is 2. The Labute approximate surface area is 89.5 Å². The summed E-state index contributed by atoms with van der Waals surface area (Å²) in [4.78, 5) is 8.02. The summed E-state index contributed by atoms with van der Waals surface area (Å²) >= 11 is 0. The predicted octanol–water partition coefficient (Wildman–Crippen LogP) is 1.06. The second-order valence-corrected chi connectivity index (χ2v) is 3.23. The van der Waals surface area contributed by atoms with Crippen LogP contribution >= 0.6 is 0 Å². The van der Waals surface area contributed by atoms with Crippen LogP contribution in [0.4, 0.5) is 5.82 Å². The minimum Gasteiger partial charge on any atom is -0.478 e. The third kappa shape index (κ3) is 4.12. The van der Waals surface area contributed by atoms with E-state index in [-0.39, 0.29) is 12.6 Å². The summed E-state index contributed by atoms with van der Waals surface area (Å²) in [5.41, 5.74) is 0. The zero-order chi connectivity index (χ0) is 11.1. The van der Waals surface area contributed by atoms with Crippen LogP contribution in [0.15, 0.2) is 12.4 Å². The fourth-order valence-corrected chi connectivity index (χ4v) is 1.16. The molecule has 0 amide bonds. The number of hydrogen-bond acceptors (Lipinski definition) is 5. The van der Waals surface area contributed by atoms with Crippen molar-refractivity contribution in [3.05, 3.63) is 12.4 Å². The molecule has 15 heavy (non-hydrogen) atoms. The van der Waals surface area contributed by atoms with Crippen LogP contribution in [-0.2, 0) is 0 Å². The van der Waals surface area contributed by atoms with E-state index < -0.39 is 0 Å². The van der Waals surface area contributed by atoms with Gasteiger partial charge in [0, 0.05) is 18.7 Å². The van der Waals surface area contributed by atoms with Crippen molar-refractivity contribution >= 4 is 5.82 Å². The van der Waals surface area contributed by atoms with Crippen LogP contribution < -0.4 is 10.1 Å². The van der Waals surface area contributed by atoms with Gasteiger partial charge in [-0.15, -0.1) is 0 Å². The maximum absolute atomic E-state index is 8.76. The molecule has 0 bridgehead atoms. The molecule has 1 atom stereocenters. The highest BCUT2D eigenvalue weighted by molar-refractivity contribution is 5.37. The summed E-state index contributed by atoms with van der Waals surface area (Å²) < 4.78 is 5.25. The lowest BCUT2D eigenvalue weighted by atomic mass is 10.2. The minimum absolute atomic E-state index is 0.164. The molecule has 1 heterocycles. The van der Waals surface area contributed by atoms with Gasteiger partial charge in [0.2, 0.25) is 5.88 Å². The molecule has 0 radical (unpaired) electrons. The van der Waals surface area contributed by atoms with Crippen molar-refractivity contribution in [2.75, 3.05) is 18.5 Å². The van der Waals surface area contributed by atoms with Gasteiger partial charge in [-0.25, -0.2) is 9.97 Å². The molecule has 1 unspecified atom stereocenters. The lowest BCUT2D eigenvalue weighted by Crippen LogP contribution is -2.17. The zero-order valence-corrected chi connectivity index (χ0v) is 9.10. The van der Waals surface area contributed by atoms with Gasteiger partial charge in [0.15, 0.2) is 0 Å². The number of aromatic nitrogens is 2. The third-order valence-electron chi connectivity index (χ3n) is 1.89. The van der Waals surface area contributed by atoms with Gasteiger partial charge in [-0.1, -0.05) is 0 Å². The molecule has 2 N–H and O–H groups in total. The topological polar surface area (TPSA) is 67.3 Å². The minimum atomic E-state index is 0.164. The van der Waals surface area contributed by atoms with Crippen molar-refractivity contribution in [3.63, 3.8) is 0 Å². The van der Waals surface area contributed by atoms with Crippen LogP contribution in [0.2, 0.25) is 0 Å². The summed E-state index contributed by atoms with van der Waals surface area (Å²) in [5.74, 6) is 1.28. The van der Waals surface area contributed by atoms with Gasteiger partial charge < -0.3 is 15.2 Å². The van der Waals surface area contributed by atoms with Gasteiger partial charge >= 0.3 is 0 Å². The maximum atomic E-state index is 8.76. The smallest absolute Gasteiger partial charge is 0.218 e. The maximum Gasteiger partial charge on any atom is 0.218 e. The average molecular weight is 211 g/mol. The van der Waals surface area contributed by atoms with Gasteiger partial charge in [-0.3, -0.25) is 0 Å². The van der Waals surface area contributed by atoms with Crippen LogP contribution in [-0.4, -0.2) is 34.3 Å². The standard InChI is InChI=1S/C10H17N3O2/c1-3-15-10-6-9(11-7-12-10)13-8(2)4-5-14/h6-8,14H,3-5H2,1-2H3,(H,11,12,13). The Hall–Kier alpha value is -1.36. The molecule has 0 fully saturated rings. The monoisotopic (exact) mass is 211 g/mol. The van der Waals surface area contributed by atoms with Crippen molar-refractivity contribution in [3.8, 4) is 5.88 Å². The van der Waals surface area contributed by atoms with E-state index in [1.165, 1.54) is 6.33 Å². The van der Waals surface area contributed by atoms with Gasteiger partial charge in [0.05, 0.1) is 6.61 Å². The molecule has 0 spiro atoms. The summed E-state index contributed by atoms with van der Waals surface area (Å²) in [5, 5.41) is 11.9. The lowest BCUT2D eigenvalue weighted by Gasteiger charge is -2.13. The quantitative estimate of drug-likeness (QED) is 0.736. The molecule has 0 aliphatic heterocycles. The third-order valence-corrected chi connectivity index (χ3v) is 1.89. The van der Waals surface area contributed by atoms with E-state index in [0.717, 1.165) is 5.82 Å². The van der Waals surface area contributed by atoms with Crippen LogP contribution in [0.1, 0.15) is 20.3 Å². The van der Waals surface area contributed by atoms with Crippen molar-refractivity contribution in [2.45, 2.75) is 26.3 Å². The van der Waals surface area contributed by atoms with E-state index in [4.69, 9.17) is 9.84 Å².